The summed E-state index contributed by atoms with van der Waals surface area (Å²) in [5.74, 6) is 0.303. The van der Waals surface area contributed by atoms with Gasteiger partial charge in [-0.05, 0) is 19.1 Å². The van der Waals surface area contributed by atoms with Crippen LogP contribution in [-0.4, -0.2) is 24.8 Å². The van der Waals surface area contributed by atoms with E-state index in [4.69, 9.17) is 0 Å². The number of rotatable bonds is 3. The number of imidazole rings is 1. The maximum atomic E-state index is 12.6. The minimum Gasteiger partial charge on any atom is -0.334 e. The molecule has 130 valence electrons. The number of fused-ring (bicyclic) bond motifs is 1. The minimum atomic E-state index is -0.487. The molecule has 0 unspecified atom stereocenters. The van der Waals surface area contributed by atoms with E-state index in [1.54, 1.807) is 12.3 Å². The van der Waals surface area contributed by atoms with Crippen molar-refractivity contribution in [2.24, 2.45) is 7.05 Å². The summed E-state index contributed by atoms with van der Waals surface area (Å²) in [6.07, 6.45) is 4.89. The highest BCUT2D eigenvalue weighted by molar-refractivity contribution is 7.15. The van der Waals surface area contributed by atoms with Gasteiger partial charge in [0.1, 0.15) is 11.4 Å². The molecular formula is C18H15N5O2S. The monoisotopic (exact) mass is 365 g/mol. The van der Waals surface area contributed by atoms with Crippen LogP contribution in [0.3, 0.4) is 0 Å². The molecule has 3 aromatic heterocycles. The number of thiazole rings is 1. The van der Waals surface area contributed by atoms with E-state index in [0.29, 0.717) is 10.6 Å². The fourth-order valence-electron chi connectivity index (χ4n) is 2.76. The van der Waals surface area contributed by atoms with Gasteiger partial charge in [0.25, 0.3) is 11.5 Å². The van der Waals surface area contributed by atoms with Crippen LogP contribution in [0.15, 0.2) is 53.0 Å². The number of hydrogen-bond donors (Lipinski definition) is 1. The zero-order valence-electron chi connectivity index (χ0n) is 14.1. The number of anilines is 1. The van der Waals surface area contributed by atoms with Gasteiger partial charge in [0.15, 0.2) is 4.96 Å². The topological polar surface area (TPSA) is 81.3 Å². The van der Waals surface area contributed by atoms with Gasteiger partial charge in [0.2, 0.25) is 0 Å². The van der Waals surface area contributed by atoms with E-state index in [0.717, 1.165) is 17.1 Å². The van der Waals surface area contributed by atoms with Crippen LogP contribution in [0.2, 0.25) is 0 Å². The Hall–Kier alpha value is -3.26. The van der Waals surface area contributed by atoms with Gasteiger partial charge in [-0.15, -0.1) is 11.3 Å². The number of nitrogens with one attached hydrogen (secondary N) is 1. The molecule has 0 saturated carbocycles. The number of benzene rings is 1. The molecule has 0 aliphatic heterocycles. The molecule has 3 heterocycles. The lowest BCUT2D eigenvalue weighted by atomic mass is 10.2. The summed E-state index contributed by atoms with van der Waals surface area (Å²) in [4.78, 5) is 34.3. The Morgan fingerprint density at radius 3 is 2.88 bits per heavy atom. The smallest absolute Gasteiger partial charge is 0.271 e. The molecular weight excluding hydrogens is 350 g/mol. The summed E-state index contributed by atoms with van der Waals surface area (Å²) in [6, 6.07) is 7.33. The molecule has 8 heteroatoms. The average Bonchev–Trinajstić information content (AvgIpc) is 3.21. The number of nitrogens with zero attached hydrogens (tertiary/aromatic N) is 4. The Bertz CT molecular complexity index is 1190. The molecule has 4 rings (SSSR count). The first kappa shape index (κ1) is 16.2. The van der Waals surface area contributed by atoms with Crippen molar-refractivity contribution in [3.8, 4) is 11.4 Å². The van der Waals surface area contributed by atoms with E-state index in [2.05, 4.69) is 15.3 Å². The Morgan fingerprint density at radius 2 is 2.12 bits per heavy atom. The zero-order valence-corrected chi connectivity index (χ0v) is 14.9. The number of carbonyl (C=O) groups is 1. The van der Waals surface area contributed by atoms with Gasteiger partial charge in [0, 0.05) is 48.0 Å². The lowest BCUT2D eigenvalue weighted by Gasteiger charge is -2.08. The number of aromatic nitrogens is 4. The molecule has 1 aromatic carbocycles. The zero-order chi connectivity index (χ0) is 18.3. The maximum Gasteiger partial charge on any atom is 0.271 e. The Balaban J connectivity index is 1.67. The highest BCUT2D eigenvalue weighted by atomic mass is 32.1. The number of aryl methyl sites for hydroxylation is 2. The lowest BCUT2D eigenvalue weighted by Crippen LogP contribution is -2.26. The normalized spacial score (nSPS) is 11.0. The third-order valence-electron chi connectivity index (χ3n) is 4.06. The van der Waals surface area contributed by atoms with Crippen LogP contribution in [0.1, 0.15) is 16.1 Å². The van der Waals surface area contributed by atoms with Gasteiger partial charge >= 0.3 is 0 Å². The van der Waals surface area contributed by atoms with Gasteiger partial charge in [0.05, 0.1) is 0 Å². The first-order valence-electron chi connectivity index (χ1n) is 7.89. The maximum absolute atomic E-state index is 12.6. The molecule has 0 aliphatic carbocycles. The summed E-state index contributed by atoms with van der Waals surface area (Å²) in [5.41, 5.74) is 1.85. The predicted molar refractivity (Wildman–Crippen MR) is 101 cm³/mol. The third kappa shape index (κ3) is 2.70. The summed E-state index contributed by atoms with van der Waals surface area (Å²) in [6.45, 7) is 1.81. The second-order valence-corrected chi connectivity index (χ2v) is 6.71. The Morgan fingerprint density at radius 1 is 1.27 bits per heavy atom. The molecule has 1 N–H and O–H groups in total. The highest BCUT2D eigenvalue weighted by Crippen LogP contribution is 2.21. The highest BCUT2D eigenvalue weighted by Gasteiger charge is 2.16. The van der Waals surface area contributed by atoms with Crippen molar-refractivity contribution < 1.29 is 4.79 Å². The van der Waals surface area contributed by atoms with E-state index in [1.165, 1.54) is 21.9 Å². The Kier molecular flexibility index (Phi) is 3.89. The van der Waals surface area contributed by atoms with Gasteiger partial charge in [-0.2, -0.15) is 0 Å². The van der Waals surface area contributed by atoms with Crippen molar-refractivity contribution in [3.05, 3.63) is 69.8 Å². The SMILES string of the molecule is Cc1csc2ncc(C(=O)Nc3cccc(-c4nccn4C)c3)c(=O)n12. The Labute approximate surface area is 152 Å². The van der Waals surface area contributed by atoms with Crippen LogP contribution in [-0.2, 0) is 7.05 Å². The average molecular weight is 365 g/mol. The number of hydrogen-bond acceptors (Lipinski definition) is 5. The molecule has 0 aliphatic rings. The molecule has 0 fully saturated rings. The molecule has 0 spiro atoms. The van der Waals surface area contributed by atoms with Crippen molar-refractivity contribution in [1.29, 1.82) is 0 Å². The van der Waals surface area contributed by atoms with Crippen LogP contribution < -0.4 is 10.9 Å². The molecule has 0 radical (unpaired) electrons. The van der Waals surface area contributed by atoms with E-state index in [-0.39, 0.29) is 11.1 Å². The van der Waals surface area contributed by atoms with Crippen molar-refractivity contribution >= 4 is 27.9 Å². The van der Waals surface area contributed by atoms with Crippen molar-refractivity contribution in [2.75, 3.05) is 5.32 Å². The van der Waals surface area contributed by atoms with Crippen LogP contribution >= 0.6 is 11.3 Å². The molecule has 0 bridgehead atoms. The molecule has 0 saturated heterocycles. The van der Waals surface area contributed by atoms with Crippen LogP contribution in [0.4, 0.5) is 5.69 Å². The van der Waals surface area contributed by atoms with Crippen molar-refractivity contribution in [1.82, 2.24) is 18.9 Å². The summed E-state index contributed by atoms with van der Waals surface area (Å²) >= 11 is 1.37. The van der Waals surface area contributed by atoms with Crippen molar-refractivity contribution in [3.63, 3.8) is 0 Å². The van der Waals surface area contributed by atoms with E-state index in [9.17, 15) is 9.59 Å². The second kappa shape index (κ2) is 6.23. The summed E-state index contributed by atoms with van der Waals surface area (Å²) < 4.78 is 3.34. The molecule has 26 heavy (non-hydrogen) atoms. The van der Waals surface area contributed by atoms with Crippen molar-refractivity contribution in [2.45, 2.75) is 6.92 Å². The van der Waals surface area contributed by atoms with E-state index in [1.807, 2.05) is 48.3 Å². The second-order valence-electron chi connectivity index (χ2n) is 5.87. The first-order valence-corrected chi connectivity index (χ1v) is 8.77. The first-order chi connectivity index (χ1) is 12.5. The quantitative estimate of drug-likeness (QED) is 0.605. The number of carbonyl (C=O) groups excluding carboxylic acids is 1. The van der Waals surface area contributed by atoms with Crippen LogP contribution in [0.25, 0.3) is 16.3 Å². The van der Waals surface area contributed by atoms with Crippen LogP contribution in [0, 0.1) is 6.92 Å². The molecule has 0 atom stereocenters. The minimum absolute atomic E-state index is 0.00592. The standard InChI is InChI=1S/C18H15N5O2S/c1-11-10-26-18-20-9-14(17(25)23(11)18)16(24)21-13-5-3-4-12(8-13)15-19-6-7-22(15)2/h3-10H,1-2H3,(H,21,24). The van der Waals surface area contributed by atoms with Gasteiger partial charge in [-0.1, -0.05) is 12.1 Å². The van der Waals surface area contributed by atoms with Gasteiger partial charge in [-0.25, -0.2) is 9.97 Å². The fraction of sp³-hybridized carbons (Fsp3) is 0.111. The van der Waals surface area contributed by atoms with Crippen LogP contribution in [0.5, 0.6) is 0 Å². The predicted octanol–water partition coefficient (Wildman–Crippen LogP) is 2.72. The van der Waals surface area contributed by atoms with Gasteiger partial charge in [-0.3, -0.25) is 14.0 Å². The molecule has 4 aromatic rings. The molecule has 7 nitrogen and oxygen atoms in total. The number of amides is 1. The molecule has 1 amide bonds. The lowest BCUT2D eigenvalue weighted by molar-refractivity contribution is 0.102. The third-order valence-corrected chi connectivity index (χ3v) is 5.02. The van der Waals surface area contributed by atoms with Gasteiger partial charge < -0.3 is 9.88 Å². The summed E-state index contributed by atoms with van der Waals surface area (Å²) in [5, 5.41) is 4.61. The van der Waals surface area contributed by atoms with E-state index >= 15 is 0 Å². The fourth-order valence-corrected chi connectivity index (χ4v) is 3.59. The largest absolute Gasteiger partial charge is 0.334 e. The van der Waals surface area contributed by atoms with E-state index < -0.39 is 5.91 Å². The summed E-state index contributed by atoms with van der Waals surface area (Å²) in [7, 11) is 1.90.